The van der Waals surface area contributed by atoms with E-state index < -0.39 is 0 Å². The molecule has 2 unspecified atom stereocenters. The predicted molar refractivity (Wildman–Crippen MR) is 108 cm³/mol. The Labute approximate surface area is 157 Å². The highest BCUT2D eigenvalue weighted by Crippen LogP contribution is 2.39. The molecule has 2 saturated carbocycles. The molecule has 144 valence electrons. The molecule has 0 spiro atoms. The Balaban J connectivity index is 1.34. The molecule has 3 rings (SSSR count). The summed E-state index contributed by atoms with van der Waals surface area (Å²) >= 11 is 0. The Bertz CT molecular complexity index is 377. The van der Waals surface area contributed by atoms with Gasteiger partial charge >= 0.3 is 0 Å². The van der Waals surface area contributed by atoms with Crippen LogP contribution in [0.1, 0.15) is 97.3 Å². The summed E-state index contributed by atoms with van der Waals surface area (Å²) in [6.07, 6.45) is 23.8. The van der Waals surface area contributed by atoms with Crippen molar-refractivity contribution in [3.63, 3.8) is 0 Å². The van der Waals surface area contributed by atoms with Crippen molar-refractivity contribution in [1.82, 2.24) is 0 Å². The maximum absolute atomic E-state index is 6.26. The van der Waals surface area contributed by atoms with Crippen LogP contribution < -0.4 is 0 Å². The summed E-state index contributed by atoms with van der Waals surface area (Å²) in [5, 5.41) is 0. The fourth-order valence-corrected chi connectivity index (χ4v) is 5.74. The van der Waals surface area contributed by atoms with Gasteiger partial charge in [-0.1, -0.05) is 58.1 Å². The minimum absolute atomic E-state index is 0.414. The van der Waals surface area contributed by atoms with Crippen LogP contribution in [0.2, 0.25) is 0 Å². The standard InChI is InChI=1S/C24H42O/c1-3-5-20-6-8-21(9-7-20)12-16-24-17-15-23(18-25-24)22-13-10-19(4-2)11-14-22/h12,16,19-24H,3-11,13-15,17-18H2,1-2H3. The van der Waals surface area contributed by atoms with E-state index in [-0.39, 0.29) is 0 Å². The highest BCUT2D eigenvalue weighted by molar-refractivity contribution is 4.97. The van der Waals surface area contributed by atoms with Gasteiger partial charge in [0.25, 0.3) is 0 Å². The minimum Gasteiger partial charge on any atom is -0.374 e. The fraction of sp³-hybridized carbons (Fsp3) is 0.917. The molecule has 1 nitrogen and oxygen atoms in total. The number of ether oxygens (including phenoxy) is 1. The van der Waals surface area contributed by atoms with Gasteiger partial charge in [0.1, 0.15) is 0 Å². The molecule has 0 N–H and O–H groups in total. The van der Waals surface area contributed by atoms with Crippen molar-refractivity contribution in [1.29, 1.82) is 0 Å². The van der Waals surface area contributed by atoms with Crippen LogP contribution in [-0.4, -0.2) is 12.7 Å². The summed E-state index contributed by atoms with van der Waals surface area (Å²) in [6, 6.07) is 0. The molecule has 0 aromatic heterocycles. The van der Waals surface area contributed by atoms with Gasteiger partial charge in [0.2, 0.25) is 0 Å². The maximum Gasteiger partial charge on any atom is 0.0756 e. The molecule has 2 aliphatic carbocycles. The van der Waals surface area contributed by atoms with Gasteiger partial charge in [-0.2, -0.15) is 0 Å². The summed E-state index contributed by atoms with van der Waals surface area (Å²) in [6.45, 7) is 5.72. The fourth-order valence-electron chi connectivity index (χ4n) is 5.74. The zero-order chi connectivity index (χ0) is 17.5. The lowest BCUT2D eigenvalue weighted by Gasteiger charge is -2.37. The summed E-state index contributed by atoms with van der Waals surface area (Å²) in [4.78, 5) is 0. The summed E-state index contributed by atoms with van der Waals surface area (Å²) < 4.78 is 6.26. The summed E-state index contributed by atoms with van der Waals surface area (Å²) in [5.41, 5.74) is 0. The molecule has 3 fully saturated rings. The molecule has 2 atom stereocenters. The van der Waals surface area contributed by atoms with Crippen molar-refractivity contribution in [2.24, 2.45) is 29.6 Å². The normalized spacial score (nSPS) is 40.4. The van der Waals surface area contributed by atoms with Crippen molar-refractivity contribution in [2.45, 2.75) is 103 Å². The van der Waals surface area contributed by atoms with E-state index in [2.05, 4.69) is 26.0 Å². The second-order valence-electron chi connectivity index (χ2n) is 9.35. The van der Waals surface area contributed by atoms with Crippen LogP contribution in [-0.2, 0) is 4.74 Å². The minimum atomic E-state index is 0.414. The topological polar surface area (TPSA) is 9.23 Å². The van der Waals surface area contributed by atoms with Crippen molar-refractivity contribution in [3.05, 3.63) is 12.2 Å². The van der Waals surface area contributed by atoms with E-state index >= 15 is 0 Å². The van der Waals surface area contributed by atoms with Crippen LogP contribution in [0, 0.1) is 29.6 Å². The number of hydrogen-bond acceptors (Lipinski definition) is 1. The third-order valence-electron chi connectivity index (χ3n) is 7.67. The van der Waals surface area contributed by atoms with Crippen LogP contribution in [0.3, 0.4) is 0 Å². The molecular weight excluding hydrogens is 304 g/mol. The first-order valence-electron chi connectivity index (χ1n) is 11.6. The molecule has 0 aromatic carbocycles. The highest BCUT2D eigenvalue weighted by atomic mass is 16.5. The van der Waals surface area contributed by atoms with Crippen molar-refractivity contribution in [3.8, 4) is 0 Å². The Morgan fingerprint density at radius 1 is 0.720 bits per heavy atom. The van der Waals surface area contributed by atoms with E-state index in [9.17, 15) is 0 Å². The Morgan fingerprint density at radius 3 is 2.00 bits per heavy atom. The van der Waals surface area contributed by atoms with E-state index in [1.165, 1.54) is 83.5 Å². The second kappa shape index (κ2) is 10.1. The van der Waals surface area contributed by atoms with Gasteiger partial charge in [-0.25, -0.2) is 0 Å². The lowest BCUT2D eigenvalue weighted by Crippen LogP contribution is -2.31. The number of hydrogen-bond donors (Lipinski definition) is 0. The molecule has 0 aromatic rings. The lowest BCUT2D eigenvalue weighted by molar-refractivity contribution is -0.0169. The van der Waals surface area contributed by atoms with Crippen LogP contribution >= 0.6 is 0 Å². The zero-order valence-corrected chi connectivity index (χ0v) is 16.9. The lowest BCUT2D eigenvalue weighted by atomic mass is 9.73. The molecule has 25 heavy (non-hydrogen) atoms. The average molecular weight is 347 g/mol. The van der Waals surface area contributed by atoms with Gasteiger partial charge in [0.15, 0.2) is 0 Å². The van der Waals surface area contributed by atoms with Crippen LogP contribution in [0.5, 0.6) is 0 Å². The average Bonchev–Trinajstić information content (AvgIpc) is 2.68. The number of allylic oxidation sites excluding steroid dienone is 1. The smallest absolute Gasteiger partial charge is 0.0756 e. The van der Waals surface area contributed by atoms with Gasteiger partial charge in [0, 0.05) is 0 Å². The largest absolute Gasteiger partial charge is 0.374 e. The molecular formula is C24H42O. The van der Waals surface area contributed by atoms with Gasteiger partial charge in [-0.15, -0.1) is 0 Å². The quantitative estimate of drug-likeness (QED) is 0.463. The van der Waals surface area contributed by atoms with Gasteiger partial charge < -0.3 is 4.74 Å². The molecule has 1 aliphatic heterocycles. The van der Waals surface area contributed by atoms with Crippen LogP contribution in [0.25, 0.3) is 0 Å². The first-order chi connectivity index (χ1) is 12.3. The van der Waals surface area contributed by atoms with E-state index in [1.807, 2.05) is 0 Å². The predicted octanol–water partition coefficient (Wildman–Crippen LogP) is 7.16. The van der Waals surface area contributed by atoms with E-state index in [0.29, 0.717) is 6.10 Å². The van der Waals surface area contributed by atoms with Crippen molar-refractivity contribution < 1.29 is 4.74 Å². The molecule has 3 aliphatic rings. The summed E-state index contributed by atoms with van der Waals surface area (Å²) in [5.74, 6) is 4.68. The molecule has 0 bridgehead atoms. The number of rotatable bonds is 6. The third-order valence-corrected chi connectivity index (χ3v) is 7.67. The van der Waals surface area contributed by atoms with E-state index in [1.54, 1.807) is 0 Å². The van der Waals surface area contributed by atoms with Crippen LogP contribution in [0.15, 0.2) is 12.2 Å². The SMILES string of the molecule is CCCC1CCC(C=CC2CCC(C3CCC(CC)CC3)CO2)CC1. The van der Waals surface area contributed by atoms with Crippen molar-refractivity contribution in [2.75, 3.05) is 6.61 Å². The van der Waals surface area contributed by atoms with E-state index in [0.717, 1.165) is 36.2 Å². The van der Waals surface area contributed by atoms with Crippen molar-refractivity contribution >= 4 is 0 Å². The first kappa shape index (κ1) is 19.5. The van der Waals surface area contributed by atoms with Crippen LogP contribution in [0.4, 0.5) is 0 Å². The Kier molecular flexibility index (Phi) is 7.90. The molecule has 0 amide bonds. The molecule has 0 radical (unpaired) electrons. The maximum atomic E-state index is 6.26. The Hall–Kier alpha value is -0.300. The van der Waals surface area contributed by atoms with E-state index in [4.69, 9.17) is 4.74 Å². The third kappa shape index (κ3) is 5.84. The monoisotopic (exact) mass is 346 g/mol. The Morgan fingerprint density at radius 2 is 1.40 bits per heavy atom. The summed E-state index contributed by atoms with van der Waals surface area (Å²) in [7, 11) is 0. The van der Waals surface area contributed by atoms with Gasteiger partial charge in [0.05, 0.1) is 12.7 Å². The highest BCUT2D eigenvalue weighted by Gasteiger charge is 2.30. The first-order valence-corrected chi connectivity index (χ1v) is 11.6. The molecule has 1 saturated heterocycles. The van der Waals surface area contributed by atoms with Gasteiger partial charge in [-0.3, -0.25) is 0 Å². The molecule has 1 heterocycles. The second-order valence-corrected chi connectivity index (χ2v) is 9.35. The zero-order valence-electron chi connectivity index (χ0n) is 16.9. The van der Waals surface area contributed by atoms with Gasteiger partial charge in [-0.05, 0) is 81.0 Å². The molecule has 1 heteroatoms.